The van der Waals surface area contributed by atoms with Gasteiger partial charge >= 0.3 is 11.7 Å². The third-order valence-corrected chi connectivity index (χ3v) is 3.41. The van der Waals surface area contributed by atoms with Crippen molar-refractivity contribution in [3.8, 4) is 5.75 Å². The van der Waals surface area contributed by atoms with Gasteiger partial charge in [-0.15, -0.1) is 0 Å². The Bertz CT molecular complexity index is 831. The quantitative estimate of drug-likeness (QED) is 0.421. The molecule has 2 rings (SSSR count). The molecule has 1 N–H and O–H groups in total. The summed E-state index contributed by atoms with van der Waals surface area (Å²) in [6.45, 7) is 4.50. The number of aryl methyl sites for hydroxylation is 1. The molecule has 0 saturated carbocycles. The summed E-state index contributed by atoms with van der Waals surface area (Å²) in [5, 5.41) is 17.1. The van der Waals surface area contributed by atoms with Crippen LogP contribution in [-0.2, 0) is 14.3 Å². The molecule has 1 heterocycles. The molecule has 10 heteroatoms. The van der Waals surface area contributed by atoms with Crippen LogP contribution < -0.4 is 10.1 Å². The van der Waals surface area contributed by atoms with E-state index in [9.17, 15) is 19.7 Å². The van der Waals surface area contributed by atoms with Crippen LogP contribution >= 0.6 is 0 Å². The lowest BCUT2D eigenvalue weighted by Gasteiger charge is -2.20. The summed E-state index contributed by atoms with van der Waals surface area (Å²) < 4.78 is 15.2. The summed E-state index contributed by atoms with van der Waals surface area (Å²) in [5.74, 6) is -1.08. The number of carbonyl (C=O) groups is 2. The molecule has 10 nitrogen and oxygen atoms in total. The summed E-state index contributed by atoms with van der Waals surface area (Å²) in [6, 6.07) is 7.16. The van der Waals surface area contributed by atoms with Crippen molar-refractivity contribution in [1.82, 2.24) is 5.16 Å². The number of nitrogens with zero attached hydrogens (tertiary/aromatic N) is 2. The van der Waals surface area contributed by atoms with Crippen LogP contribution in [0.25, 0.3) is 0 Å². The smallest absolute Gasteiger partial charge is 0.344 e. The molecule has 0 aliphatic carbocycles. The lowest BCUT2D eigenvalue weighted by molar-refractivity contribution is -0.385. The maximum atomic E-state index is 12.3. The Balaban J connectivity index is 1.97. The van der Waals surface area contributed by atoms with Crippen molar-refractivity contribution in [2.75, 3.05) is 11.9 Å². The van der Waals surface area contributed by atoms with Gasteiger partial charge in [0.2, 0.25) is 0 Å². The number of anilines is 1. The molecule has 2 aromatic rings. The third-order valence-electron chi connectivity index (χ3n) is 3.41. The summed E-state index contributed by atoms with van der Waals surface area (Å²) in [4.78, 5) is 34.7. The average Bonchev–Trinajstić information content (AvgIpc) is 3.02. The number of esters is 1. The number of ether oxygens (including phenoxy) is 2. The molecular formula is C17H19N3O7. The largest absolute Gasteiger partial charge is 0.475 e. The second kappa shape index (κ2) is 8.79. The minimum absolute atomic E-state index is 0.0666. The summed E-state index contributed by atoms with van der Waals surface area (Å²) in [7, 11) is 0. The van der Waals surface area contributed by atoms with E-state index >= 15 is 0 Å². The average molecular weight is 377 g/mol. The van der Waals surface area contributed by atoms with Crippen molar-refractivity contribution in [3.05, 3.63) is 46.2 Å². The van der Waals surface area contributed by atoms with Crippen LogP contribution in [0.15, 0.2) is 34.9 Å². The zero-order chi connectivity index (χ0) is 20.0. The van der Waals surface area contributed by atoms with Crippen LogP contribution in [0.1, 0.15) is 19.6 Å². The molecule has 0 aliphatic heterocycles. The molecule has 0 unspecified atom stereocenters. The topological polar surface area (TPSA) is 134 Å². The van der Waals surface area contributed by atoms with E-state index in [-0.39, 0.29) is 23.2 Å². The van der Waals surface area contributed by atoms with Crippen LogP contribution in [0.3, 0.4) is 0 Å². The monoisotopic (exact) mass is 377 g/mol. The SMILES string of the molecule is Cc1cc(NC(=O)[C@H](OC(=O)COc2ccccc2[N+](=O)[O-])C(C)C)no1. The summed E-state index contributed by atoms with van der Waals surface area (Å²) in [6.07, 6.45) is -1.09. The van der Waals surface area contributed by atoms with Crippen molar-refractivity contribution >= 4 is 23.4 Å². The van der Waals surface area contributed by atoms with E-state index in [1.165, 1.54) is 30.3 Å². The molecule has 0 saturated heterocycles. The maximum Gasteiger partial charge on any atom is 0.344 e. The van der Waals surface area contributed by atoms with Gasteiger partial charge in [-0.25, -0.2) is 4.79 Å². The number of nitro benzene ring substituents is 1. The highest BCUT2D eigenvalue weighted by molar-refractivity contribution is 5.94. The highest BCUT2D eigenvalue weighted by Crippen LogP contribution is 2.25. The second-order valence-corrected chi connectivity index (χ2v) is 5.98. The van der Waals surface area contributed by atoms with Crippen LogP contribution in [0.2, 0.25) is 0 Å². The van der Waals surface area contributed by atoms with Crippen LogP contribution in [0.4, 0.5) is 11.5 Å². The number of aromatic nitrogens is 1. The summed E-state index contributed by atoms with van der Waals surface area (Å²) in [5.41, 5.74) is -0.273. The van der Waals surface area contributed by atoms with Gasteiger partial charge in [0.15, 0.2) is 24.3 Å². The molecule has 27 heavy (non-hydrogen) atoms. The number of carbonyl (C=O) groups excluding carboxylic acids is 2. The van der Waals surface area contributed by atoms with Crippen molar-refractivity contribution in [1.29, 1.82) is 0 Å². The molecule has 1 atom stereocenters. The molecule has 1 aromatic carbocycles. The van der Waals surface area contributed by atoms with Crippen LogP contribution in [0, 0.1) is 23.0 Å². The first-order chi connectivity index (χ1) is 12.8. The Morgan fingerprint density at radius 3 is 2.63 bits per heavy atom. The van der Waals surface area contributed by atoms with E-state index < -0.39 is 29.5 Å². The Hall–Kier alpha value is -3.43. The van der Waals surface area contributed by atoms with Gasteiger partial charge in [-0.3, -0.25) is 14.9 Å². The lowest BCUT2D eigenvalue weighted by Crippen LogP contribution is -2.37. The number of hydrogen-bond donors (Lipinski definition) is 1. The van der Waals surface area contributed by atoms with E-state index in [1.54, 1.807) is 20.8 Å². The Kier molecular flexibility index (Phi) is 6.47. The standard InChI is InChI=1S/C17H19N3O7/c1-10(2)16(17(22)18-14-8-11(3)27-19-14)26-15(21)9-25-13-7-5-4-6-12(13)20(23)24/h4-8,10,16H,9H2,1-3H3,(H,18,19,22)/t16-/m1/s1. The van der Waals surface area contributed by atoms with Crippen molar-refractivity contribution in [2.24, 2.45) is 5.92 Å². The zero-order valence-corrected chi connectivity index (χ0v) is 15.0. The van der Waals surface area contributed by atoms with Crippen molar-refractivity contribution < 1.29 is 28.5 Å². The summed E-state index contributed by atoms with van der Waals surface area (Å²) >= 11 is 0. The Morgan fingerprint density at radius 2 is 2.04 bits per heavy atom. The zero-order valence-electron chi connectivity index (χ0n) is 15.0. The Labute approximate surface area is 154 Å². The van der Waals surface area contributed by atoms with Crippen LogP contribution in [0.5, 0.6) is 5.75 Å². The van der Waals surface area contributed by atoms with E-state index in [4.69, 9.17) is 14.0 Å². The number of benzene rings is 1. The molecule has 0 spiro atoms. The minimum Gasteiger partial charge on any atom is -0.475 e. The molecule has 1 amide bonds. The van der Waals surface area contributed by atoms with Gasteiger partial charge in [-0.1, -0.05) is 31.1 Å². The number of para-hydroxylation sites is 2. The van der Waals surface area contributed by atoms with Gasteiger partial charge in [0.05, 0.1) is 4.92 Å². The van der Waals surface area contributed by atoms with Gasteiger partial charge in [0.1, 0.15) is 5.76 Å². The fourth-order valence-electron chi connectivity index (χ4n) is 2.16. The number of amides is 1. The van der Waals surface area contributed by atoms with Gasteiger partial charge in [0, 0.05) is 12.1 Å². The molecule has 0 radical (unpaired) electrons. The van der Waals surface area contributed by atoms with Gasteiger partial charge in [0.25, 0.3) is 5.91 Å². The van der Waals surface area contributed by atoms with Crippen molar-refractivity contribution in [2.45, 2.75) is 26.9 Å². The molecule has 144 valence electrons. The molecule has 1 aromatic heterocycles. The number of nitro groups is 1. The molecule has 0 fully saturated rings. The number of nitrogens with one attached hydrogen (secondary N) is 1. The lowest BCUT2D eigenvalue weighted by atomic mass is 10.1. The molecule has 0 bridgehead atoms. The van der Waals surface area contributed by atoms with Crippen molar-refractivity contribution in [3.63, 3.8) is 0 Å². The third kappa shape index (κ3) is 5.53. The van der Waals surface area contributed by atoms with Crippen LogP contribution in [-0.4, -0.2) is 34.7 Å². The maximum absolute atomic E-state index is 12.3. The molecular weight excluding hydrogens is 358 g/mol. The molecule has 0 aliphatic rings. The normalized spacial score (nSPS) is 11.7. The highest BCUT2D eigenvalue weighted by atomic mass is 16.6. The fourth-order valence-corrected chi connectivity index (χ4v) is 2.16. The Morgan fingerprint density at radius 1 is 1.33 bits per heavy atom. The fraction of sp³-hybridized carbons (Fsp3) is 0.353. The van der Waals surface area contributed by atoms with E-state index in [0.717, 1.165) is 0 Å². The van der Waals surface area contributed by atoms with Gasteiger partial charge < -0.3 is 19.3 Å². The predicted octanol–water partition coefficient (Wildman–Crippen LogP) is 2.48. The first-order valence-corrected chi connectivity index (χ1v) is 8.07. The predicted molar refractivity (Wildman–Crippen MR) is 93.2 cm³/mol. The highest BCUT2D eigenvalue weighted by Gasteiger charge is 2.28. The minimum atomic E-state index is -1.09. The van der Waals surface area contributed by atoms with E-state index in [1.807, 2.05) is 0 Å². The van der Waals surface area contributed by atoms with Gasteiger partial charge in [-0.2, -0.15) is 0 Å². The van der Waals surface area contributed by atoms with E-state index in [0.29, 0.717) is 5.76 Å². The first kappa shape index (κ1) is 19.9. The number of rotatable bonds is 8. The van der Waals surface area contributed by atoms with Gasteiger partial charge in [-0.05, 0) is 18.9 Å². The first-order valence-electron chi connectivity index (χ1n) is 8.07. The second-order valence-electron chi connectivity index (χ2n) is 5.98. The van der Waals surface area contributed by atoms with E-state index in [2.05, 4.69) is 10.5 Å². The number of hydrogen-bond acceptors (Lipinski definition) is 8.